The number of benzene rings is 2. The molecule has 0 aliphatic carbocycles. The first-order valence-electron chi connectivity index (χ1n) is 11.1. The molecule has 0 radical (unpaired) electrons. The van der Waals surface area contributed by atoms with Crippen LogP contribution in [-0.2, 0) is 9.47 Å². The molecule has 1 N–H and O–H groups in total. The summed E-state index contributed by atoms with van der Waals surface area (Å²) in [5, 5.41) is 20.1. The largest absolute Gasteiger partial charge is 0.383 e. The fourth-order valence-corrected chi connectivity index (χ4v) is 3.97. The number of hydrogen-bond acceptors (Lipinski definition) is 7. The van der Waals surface area contributed by atoms with Crippen molar-refractivity contribution < 1.29 is 14.4 Å². The van der Waals surface area contributed by atoms with Crippen molar-refractivity contribution in [3.05, 3.63) is 63.8 Å². The lowest BCUT2D eigenvalue weighted by Crippen LogP contribution is -2.42. The van der Waals surface area contributed by atoms with Crippen molar-refractivity contribution in [1.29, 1.82) is 0 Å². The number of nitrogens with zero attached hydrogens (tertiary/aromatic N) is 4. The number of morpholine rings is 1. The zero-order chi connectivity index (χ0) is 23.0. The Bertz CT molecular complexity index is 1110. The number of nitro groups is 1. The number of fused-ring (bicyclic) bond motifs is 1. The highest BCUT2D eigenvalue weighted by Gasteiger charge is 2.18. The summed E-state index contributed by atoms with van der Waals surface area (Å²) in [5.74, 6) is 0. The lowest BCUT2D eigenvalue weighted by molar-refractivity contribution is -0.385. The predicted molar refractivity (Wildman–Crippen MR) is 129 cm³/mol. The monoisotopic (exact) mass is 451 g/mol. The number of ether oxygens (including phenoxy) is 2. The molecule has 0 saturated carbocycles. The van der Waals surface area contributed by atoms with Gasteiger partial charge in [-0.1, -0.05) is 18.2 Å². The number of nitrogens with one attached hydrogen (secondary N) is 1. The van der Waals surface area contributed by atoms with Crippen LogP contribution in [0.3, 0.4) is 0 Å². The van der Waals surface area contributed by atoms with Crippen LogP contribution in [0.25, 0.3) is 23.1 Å². The highest BCUT2D eigenvalue weighted by molar-refractivity contribution is 5.90. The molecular formula is C24H29N5O4. The summed E-state index contributed by atoms with van der Waals surface area (Å²) < 4.78 is 10.7. The van der Waals surface area contributed by atoms with Crippen molar-refractivity contribution in [2.45, 2.75) is 0 Å². The normalized spacial score (nSPS) is 14.8. The number of para-hydroxylation sites is 1. The molecule has 0 amide bonds. The van der Waals surface area contributed by atoms with Gasteiger partial charge in [-0.15, -0.1) is 0 Å². The second-order valence-corrected chi connectivity index (χ2v) is 7.92. The van der Waals surface area contributed by atoms with Crippen molar-refractivity contribution in [2.75, 3.05) is 64.6 Å². The summed E-state index contributed by atoms with van der Waals surface area (Å²) >= 11 is 0. The van der Waals surface area contributed by atoms with Gasteiger partial charge in [-0.25, -0.2) is 0 Å². The van der Waals surface area contributed by atoms with Crippen molar-refractivity contribution in [3.8, 4) is 0 Å². The zero-order valence-electron chi connectivity index (χ0n) is 18.8. The van der Waals surface area contributed by atoms with Gasteiger partial charge in [-0.3, -0.25) is 20.1 Å². The Morgan fingerprint density at radius 1 is 1.21 bits per heavy atom. The molecular weight excluding hydrogens is 422 g/mol. The molecule has 2 heterocycles. The summed E-state index contributed by atoms with van der Waals surface area (Å²) in [6, 6.07) is 13.2. The van der Waals surface area contributed by atoms with Crippen molar-refractivity contribution in [1.82, 2.24) is 15.1 Å². The van der Waals surface area contributed by atoms with E-state index in [1.54, 1.807) is 25.3 Å². The van der Waals surface area contributed by atoms with E-state index in [1.165, 1.54) is 0 Å². The summed E-state index contributed by atoms with van der Waals surface area (Å²) in [5.41, 5.74) is 3.09. The fourth-order valence-electron chi connectivity index (χ4n) is 3.97. The van der Waals surface area contributed by atoms with Gasteiger partial charge in [0.25, 0.3) is 5.69 Å². The Labute approximate surface area is 192 Å². The number of aromatic nitrogens is 2. The Kier molecular flexibility index (Phi) is 7.66. The van der Waals surface area contributed by atoms with Gasteiger partial charge in [0.05, 0.1) is 41.5 Å². The van der Waals surface area contributed by atoms with E-state index in [1.807, 2.05) is 36.4 Å². The molecule has 1 saturated heterocycles. The van der Waals surface area contributed by atoms with Gasteiger partial charge in [0.2, 0.25) is 0 Å². The second-order valence-electron chi connectivity index (χ2n) is 7.92. The average molecular weight is 452 g/mol. The molecule has 3 aromatic rings. The summed E-state index contributed by atoms with van der Waals surface area (Å²) in [4.78, 5) is 16.0. The van der Waals surface area contributed by atoms with E-state index in [0.29, 0.717) is 18.7 Å². The molecule has 174 valence electrons. The van der Waals surface area contributed by atoms with Gasteiger partial charge >= 0.3 is 0 Å². The Hall–Kier alpha value is -3.27. The van der Waals surface area contributed by atoms with Crippen LogP contribution in [0.15, 0.2) is 42.5 Å². The van der Waals surface area contributed by atoms with Crippen LogP contribution in [-0.4, -0.2) is 79.7 Å². The molecule has 9 heteroatoms. The maximum atomic E-state index is 11.9. The SMILES string of the molecule is COCCN(CCN1CCOCC1)c1ccc(C=Cc2n[nH]c3ccccc23)c([N+](=O)[O-])c1. The molecule has 0 spiro atoms. The van der Waals surface area contributed by atoms with Crippen LogP contribution in [0.4, 0.5) is 11.4 Å². The van der Waals surface area contributed by atoms with Crippen LogP contribution in [0, 0.1) is 10.1 Å². The number of methoxy groups -OCH3 is 1. The Morgan fingerprint density at radius 3 is 2.82 bits per heavy atom. The molecule has 0 unspecified atom stereocenters. The maximum absolute atomic E-state index is 11.9. The number of rotatable bonds is 10. The molecule has 1 fully saturated rings. The van der Waals surface area contributed by atoms with Crippen molar-refractivity contribution in [3.63, 3.8) is 0 Å². The van der Waals surface area contributed by atoms with E-state index in [-0.39, 0.29) is 10.6 Å². The smallest absolute Gasteiger partial charge is 0.278 e. The first-order chi connectivity index (χ1) is 16.2. The molecule has 0 atom stereocenters. The third-order valence-corrected chi connectivity index (χ3v) is 5.85. The molecule has 33 heavy (non-hydrogen) atoms. The van der Waals surface area contributed by atoms with Crippen molar-refractivity contribution >= 4 is 34.4 Å². The van der Waals surface area contributed by atoms with Gasteiger partial charge in [0, 0.05) is 57.0 Å². The van der Waals surface area contributed by atoms with Gasteiger partial charge in [-0.2, -0.15) is 5.10 Å². The fraction of sp³-hybridized carbons (Fsp3) is 0.375. The molecule has 1 aliphatic rings. The lowest BCUT2D eigenvalue weighted by atomic mass is 10.1. The topological polar surface area (TPSA) is 96.8 Å². The van der Waals surface area contributed by atoms with Crippen LogP contribution in [0.1, 0.15) is 11.3 Å². The molecule has 9 nitrogen and oxygen atoms in total. The van der Waals surface area contributed by atoms with E-state index < -0.39 is 0 Å². The molecule has 1 aromatic heterocycles. The molecule has 4 rings (SSSR count). The standard InChI is InChI=1S/C24H29N5O4/c1-32-15-14-28(11-10-27-12-16-33-17-13-27)20-8-6-19(24(18-20)29(30)31)7-9-23-21-4-2-3-5-22(21)25-26-23/h2-9,18H,10-17H2,1H3,(H,25,26). The highest BCUT2D eigenvalue weighted by Crippen LogP contribution is 2.28. The number of hydrogen-bond donors (Lipinski definition) is 1. The zero-order valence-corrected chi connectivity index (χ0v) is 18.8. The van der Waals surface area contributed by atoms with E-state index in [0.717, 1.165) is 61.7 Å². The van der Waals surface area contributed by atoms with Crippen LogP contribution < -0.4 is 4.90 Å². The first kappa shape index (κ1) is 22.9. The van der Waals surface area contributed by atoms with Crippen LogP contribution >= 0.6 is 0 Å². The second kappa shape index (κ2) is 11.0. The van der Waals surface area contributed by atoms with Gasteiger partial charge < -0.3 is 14.4 Å². The minimum absolute atomic E-state index is 0.0670. The average Bonchev–Trinajstić information content (AvgIpc) is 3.26. The summed E-state index contributed by atoms with van der Waals surface area (Å²) in [6.45, 7) is 6.14. The maximum Gasteiger partial charge on any atom is 0.278 e. The van der Waals surface area contributed by atoms with E-state index in [4.69, 9.17) is 9.47 Å². The van der Waals surface area contributed by atoms with E-state index in [9.17, 15) is 10.1 Å². The number of H-pyrrole nitrogens is 1. The molecule has 0 bridgehead atoms. The number of nitro benzene ring substituents is 1. The minimum Gasteiger partial charge on any atom is -0.383 e. The molecule has 1 aliphatic heterocycles. The number of anilines is 1. The van der Waals surface area contributed by atoms with Gasteiger partial charge in [-0.05, 0) is 30.4 Å². The van der Waals surface area contributed by atoms with E-state index in [2.05, 4.69) is 20.0 Å². The third kappa shape index (κ3) is 5.75. The number of aromatic amines is 1. The van der Waals surface area contributed by atoms with Crippen LogP contribution in [0.2, 0.25) is 0 Å². The quantitative estimate of drug-likeness (QED) is 0.373. The van der Waals surface area contributed by atoms with E-state index >= 15 is 0 Å². The lowest BCUT2D eigenvalue weighted by Gasteiger charge is -2.31. The van der Waals surface area contributed by atoms with Crippen LogP contribution in [0.5, 0.6) is 0 Å². The summed E-state index contributed by atoms with van der Waals surface area (Å²) in [6.07, 6.45) is 3.56. The Balaban J connectivity index is 1.55. The molecule has 2 aromatic carbocycles. The van der Waals surface area contributed by atoms with Crippen molar-refractivity contribution in [2.24, 2.45) is 0 Å². The summed E-state index contributed by atoms with van der Waals surface area (Å²) in [7, 11) is 1.66. The van der Waals surface area contributed by atoms with Gasteiger partial charge in [0.15, 0.2) is 0 Å². The third-order valence-electron chi connectivity index (χ3n) is 5.85. The first-order valence-corrected chi connectivity index (χ1v) is 11.1. The minimum atomic E-state index is -0.331. The van der Waals surface area contributed by atoms with Gasteiger partial charge in [0.1, 0.15) is 0 Å². The highest BCUT2D eigenvalue weighted by atomic mass is 16.6. The Morgan fingerprint density at radius 2 is 2.03 bits per heavy atom. The predicted octanol–water partition coefficient (Wildman–Crippen LogP) is 3.43.